The molecule has 0 spiro atoms. The summed E-state index contributed by atoms with van der Waals surface area (Å²) in [6, 6.07) is 14.0. The van der Waals surface area contributed by atoms with Crippen LogP contribution in [-0.2, 0) is 22.2 Å². The number of nitrogens with zero attached hydrogens (tertiary/aromatic N) is 5. The van der Waals surface area contributed by atoms with Gasteiger partial charge in [0.1, 0.15) is 29.5 Å². The van der Waals surface area contributed by atoms with E-state index in [1.165, 1.54) is 33.8 Å². The third-order valence-electron chi connectivity index (χ3n) is 17.0. The van der Waals surface area contributed by atoms with E-state index in [2.05, 4.69) is 27.6 Å². The molecule has 3 saturated heterocycles. The number of likely N-dealkylation sites (tertiary alicyclic amines) is 2. The van der Waals surface area contributed by atoms with Crippen LogP contribution in [0.25, 0.3) is 22.0 Å². The first-order valence-corrected chi connectivity index (χ1v) is 26.7. The summed E-state index contributed by atoms with van der Waals surface area (Å²) in [5.74, 6) is -5.13. The van der Waals surface area contributed by atoms with Crippen LogP contribution in [0.2, 0.25) is 5.02 Å². The lowest BCUT2D eigenvalue weighted by atomic mass is 9.77. The van der Waals surface area contributed by atoms with E-state index in [4.69, 9.17) is 26.8 Å². The van der Waals surface area contributed by atoms with Gasteiger partial charge in [0.15, 0.2) is 28.8 Å². The number of aromatic nitrogens is 2. The molecule has 4 fully saturated rings. The van der Waals surface area contributed by atoms with Crippen LogP contribution < -0.4 is 30.7 Å². The molecule has 20 heteroatoms. The number of piperidine rings is 2. The maximum atomic E-state index is 16.5. The number of nitrogens with two attached hydrogens (primary N) is 1. The predicted molar refractivity (Wildman–Crippen MR) is 277 cm³/mol. The maximum Gasteiger partial charge on any atom is 0.329 e. The lowest BCUT2D eigenvalue weighted by Gasteiger charge is -2.43. The van der Waals surface area contributed by atoms with Gasteiger partial charge in [-0.25, -0.2) is 22.4 Å². The summed E-state index contributed by atoms with van der Waals surface area (Å²) in [6.07, 6.45) is 5.76. The molecule has 0 radical (unpaired) electrons. The molecule has 1 saturated carbocycles. The van der Waals surface area contributed by atoms with Gasteiger partial charge in [-0.1, -0.05) is 48.9 Å². The lowest BCUT2D eigenvalue weighted by Crippen LogP contribution is -2.50. The van der Waals surface area contributed by atoms with Gasteiger partial charge >= 0.3 is 6.03 Å². The Hall–Kier alpha value is -6.28. The van der Waals surface area contributed by atoms with Crippen molar-refractivity contribution in [2.24, 2.45) is 24.6 Å². The number of aliphatic hydroxyl groups excluding tert-OH is 1. The number of ether oxygens (including phenoxy) is 2. The van der Waals surface area contributed by atoms with Gasteiger partial charge in [0, 0.05) is 91.9 Å². The van der Waals surface area contributed by atoms with Crippen molar-refractivity contribution in [1.29, 1.82) is 0 Å². The van der Waals surface area contributed by atoms with Gasteiger partial charge in [-0.15, -0.1) is 0 Å². The van der Waals surface area contributed by atoms with Gasteiger partial charge in [0.25, 0.3) is 0 Å². The van der Waals surface area contributed by atoms with E-state index in [9.17, 15) is 24.3 Å². The average molecular weight is 1070 g/mol. The maximum absolute atomic E-state index is 16.5. The Morgan fingerprint density at radius 1 is 0.921 bits per heavy atom. The Labute approximate surface area is 443 Å². The summed E-state index contributed by atoms with van der Waals surface area (Å²) >= 11 is 6.72. The molecule has 5 aliphatic rings. The number of amides is 5. The highest BCUT2D eigenvalue weighted by Gasteiger charge is 2.50. The van der Waals surface area contributed by atoms with Crippen LogP contribution in [0.4, 0.5) is 28.2 Å². The topological polar surface area (TPSA) is 185 Å². The van der Waals surface area contributed by atoms with Crippen LogP contribution in [0.1, 0.15) is 111 Å². The Kier molecular flexibility index (Phi) is 15.1. The third kappa shape index (κ3) is 9.65. The van der Waals surface area contributed by atoms with Crippen molar-refractivity contribution in [3.63, 3.8) is 0 Å². The van der Waals surface area contributed by atoms with E-state index in [1.54, 1.807) is 7.05 Å². The lowest BCUT2D eigenvalue weighted by molar-refractivity contribution is -0.138. The molecule has 5 amide bonds. The van der Waals surface area contributed by atoms with E-state index in [0.717, 1.165) is 31.2 Å². The van der Waals surface area contributed by atoms with Crippen molar-refractivity contribution in [1.82, 2.24) is 30.2 Å². The SMILES string of the molecule is CC(C1CCN(C(=O)C2CCC(NCC3(c4ccccc4)Oc4cc(F)c(Cl)c(-c5c(C(N)=O)ccc(OCCO)c5F)c4C3C)CC2)CC1)N1CCC(c2c(F)cc3c(N4CCC(=O)NC4=O)nn(C)c3c2F)CC1. The first-order valence-electron chi connectivity index (χ1n) is 26.4. The fraction of sp³-hybridized carbons (Fsp3) is 0.482. The van der Waals surface area contributed by atoms with Crippen LogP contribution in [0, 0.1) is 35.1 Å². The number of aryl methyl sites for hydroxylation is 1. The fourth-order valence-electron chi connectivity index (χ4n) is 12.8. The van der Waals surface area contributed by atoms with Crippen LogP contribution >= 0.6 is 11.6 Å². The summed E-state index contributed by atoms with van der Waals surface area (Å²) in [6.45, 7) is 6.48. The zero-order chi connectivity index (χ0) is 53.7. The summed E-state index contributed by atoms with van der Waals surface area (Å²) in [4.78, 5) is 56.8. The molecular formula is C56H63ClF4N8O7. The number of primary amides is 1. The molecular weight excluding hydrogens is 1010 g/mol. The zero-order valence-electron chi connectivity index (χ0n) is 42.8. The molecule has 5 aromatic rings. The highest BCUT2D eigenvalue weighted by atomic mass is 35.5. The number of hydrogen-bond donors (Lipinski definition) is 4. The number of imide groups is 1. The first-order chi connectivity index (χ1) is 36.5. The Morgan fingerprint density at radius 3 is 2.30 bits per heavy atom. The molecule has 5 N–H and O–H groups in total. The van der Waals surface area contributed by atoms with E-state index >= 15 is 17.6 Å². The van der Waals surface area contributed by atoms with Crippen molar-refractivity contribution in [2.45, 2.75) is 101 Å². The van der Waals surface area contributed by atoms with Crippen molar-refractivity contribution in [3.8, 4) is 22.6 Å². The van der Waals surface area contributed by atoms with Gasteiger partial charge in [-0.3, -0.25) is 29.3 Å². The van der Waals surface area contributed by atoms with Gasteiger partial charge in [0.2, 0.25) is 17.7 Å². The minimum absolute atomic E-state index is 0.0287. The molecule has 4 aromatic carbocycles. The molecule has 4 aliphatic heterocycles. The van der Waals surface area contributed by atoms with Crippen molar-refractivity contribution in [2.75, 3.05) is 57.4 Å². The van der Waals surface area contributed by atoms with E-state index in [1.807, 2.05) is 42.2 Å². The van der Waals surface area contributed by atoms with Crippen LogP contribution in [0.5, 0.6) is 11.5 Å². The van der Waals surface area contributed by atoms with E-state index in [-0.39, 0.29) is 106 Å². The standard InChI is InChI=1S/C56H63ClF4N8O7/c1-30-44-42(28-40(59)48(57)47(44)46-37(52(62)72)13-14-41(49(46)60)75-26-25-70)76-56(30,35-7-5-4-6-8-35)29-63-36-11-9-34(10-12-36)54(73)68-22-15-32(16-23-68)31(2)67-20-17-33(18-21-67)45-39(58)27-38-51(50(45)61)66(3)65-53(38)69-24-19-43(71)64-55(69)74/h4-8,13-14,27-28,30-34,36,63,70H,9-12,15-26,29H2,1-3H3,(H2,62,72)(H,64,71,74). The molecule has 76 heavy (non-hydrogen) atoms. The number of benzene rings is 4. The first kappa shape index (κ1) is 53.1. The predicted octanol–water partition coefficient (Wildman–Crippen LogP) is 8.41. The number of carbonyl (C=O) groups is 4. The number of halogens is 5. The number of hydrogen-bond acceptors (Lipinski definition) is 10. The summed E-state index contributed by atoms with van der Waals surface area (Å²) in [5, 5.41) is 19.5. The number of urea groups is 1. The molecule has 5 heterocycles. The normalized spacial score (nSPS) is 23.1. The monoisotopic (exact) mass is 1070 g/mol. The summed E-state index contributed by atoms with van der Waals surface area (Å²) in [7, 11) is 1.56. The molecule has 0 bridgehead atoms. The van der Waals surface area contributed by atoms with Gasteiger partial charge < -0.3 is 35.4 Å². The van der Waals surface area contributed by atoms with E-state index in [0.29, 0.717) is 63.3 Å². The van der Waals surface area contributed by atoms with Crippen molar-refractivity contribution < 1.29 is 51.3 Å². The Morgan fingerprint density at radius 2 is 1.63 bits per heavy atom. The Balaban J connectivity index is 0.748. The third-order valence-corrected chi connectivity index (χ3v) is 17.4. The number of carbonyl (C=O) groups excluding carboxylic acids is 4. The number of nitrogens with one attached hydrogen (secondary N) is 2. The fourth-order valence-corrected chi connectivity index (χ4v) is 13.0. The largest absolute Gasteiger partial charge is 0.488 e. The number of rotatable bonds is 14. The van der Waals surface area contributed by atoms with Crippen molar-refractivity contribution in [3.05, 3.63) is 105 Å². The van der Waals surface area contributed by atoms with Crippen LogP contribution in [0.3, 0.4) is 0 Å². The highest BCUT2D eigenvalue weighted by Crippen LogP contribution is 2.57. The molecule has 1 aliphatic carbocycles. The number of aliphatic hydroxyl groups is 1. The zero-order valence-corrected chi connectivity index (χ0v) is 43.5. The van der Waals surface area contributed by atoms with Crippen LogP contribution in [0.15, 0.2) is 54.6 Å². The molecule has 3 unspecified atom stereocenters. The van der Waals surface area contributed by atoms with Gasteiger partial charge in [-0.05, 0) is 107 Å². The quantitative estimate of drug-likeness (QED) is 0.0788. The summed E-state index contributed by atoms with van der Waals surface area (Å²) in [5.41, 5.74) is 5.32. The molecule has 10 rings (SSSR count). The molecule has 404 valence electrons. The van der Waals surface area contributed by atoms with Crippen molar-refractivity contribution >= 4 is 52.1 Å². The van der Waals surface area contributed by atoms with E-state index < -0.39 is 64.3 Å². The second kappa shape index (κ2) is 21.6. The van der Waals surface area contributed by atoms with Gasteiger partial charge in [0.05, 0.1) is 22.6 Å². The minimum atomic E-state index is -1.13. The molecule has 15 nitrogen and oxygen atoms in total. The second-order valence-corrected chi connectivity index (χ2v) is 21.5. The number of fused-ring (bicyclic) bond motifs is 2. The highest BCUT2D eigenvalue weighted by molar-refractivity contribution is 6.34. The average Bonchev–Trinajstić information content (AvgIpc) is 3.90. The Bertz CT molecular complexity index is 3070. The smallest absolute Gasteiger partial charge is 0.329 e. The molecule has 3 atom stereocenters. The second-order valence-electron chi connectivity index (χ2n) is 21.1. The van der Waals surface area contributed by atoms with Crippen LogP contribution in [-0.4, -0.2) is 113 Å². The van der Waals surface area contributed by atoms with Gasteiger partial charge in [-0.2, -0.15) is 5.10 Å². The molecule has 1 aromatic heterocycles. The minimum Gasteiger partial charge on any atom is -0.488 e. The number of anilines is 1. The summed E-state index contributed by atoms with van der Waals surface area (Å²) < 4.78 is 78.2.